The average Bonchev–Trinajstić information content (AvgIpc) is 3.50. The molecule has 0 unspecified atom stereocenters. The highest BCUT2D eigenvalue weighted by Crippen LogP contribution is 2.26. The molecule has 1 amide bonds. The Morgan fingerprint density at radius 3 is 2.82 bits per heavy atom. The van der Waals surface area contributed by atoms with Crippen molar-refractivity contribution in [3.63, 3.8) is 0 Å². The maximum Gasteiger partial charge on any atom is 0.332 e. The lowest BCUT2D eigenvalue weighted by Crippen LogP contribution is -2.38. The van der Waals surface area contributed by atoms with Crippen molar-refractivity contribution in [3.05, 3.63) is 56.2 Å². The van der Waals surface area contributed by atoms with Crippen molar-refractivity contribution < 1.29 is 9.90 Å². The number of aromatic amines is 1. The van der Waals surface area contributed by atoms with Crippen molar-refractivity contribution >= 4 is 39.7 Å². The van der Waals surface area contributed by atoms with Crippen LogP contribution in [-0.2, 0) is 25.3 Å². The zero-order chi connectivity index (χ0) is 23.4. The molecular weight excluding hydrogens is 450 g/mol. The Labute approximate surface area is 191 Å². The monoisotopic (exact) mass is 471 g/mol. The average molecular weight is 472 g/mol. The summed E-state index contributed by atoms with van der Waals surface area (Å²) in [6, 6.07) is 4.84. The van der Waals surface area contributed by atoms with E-state index in [1.54, 1.807) is 28.6 Å². The number of fused-ring (bicyclic) bond motifs is 2. The lowest BCUT2D eigenvalue weighted by Gasteiger charge is -2.18. The first-order chi connectivity index (χ1) is 15.7. The van der Waals surface area contributed by atoms with Crippen molar-refractivity contribution in [3.8, 4) is 0 Å². The first-order valence-electron chi connectivity index (χ1n) is 10.5. The van der Waals surface area contributed by atoms with Crippen molar-refractivity contribution in [2.75, 3.05) is 13.1 Å². The standard InChI is InChI=1S/C21H22ClN7O4/c1-26-19-18(20(32)27(2)21(26)33)23-10-29(19)14-8-28(9-15(14)30)17(31)6-5-16-24-12-4-3-11(22)7-13(12)25-16/h3-4,7,10,14-15,30H,5-6,8-9H2,1-2H3,(H,24,25)/t14-,15-/m0/s1. The zero-order valence-corrected chi connectivity index (χ0v) is 18.8. The van der Waals surface area contributed by atoms with Crippen LogP contribution in [0.4, 0.5) is 0 Å². The van der Waals surface area contributed by atoms with Gasteiger partial charge in [0.25, 0.3) is 5.56 Å². The molecular formula is C21H22ClN7O4. The number of nitrogens with one attached hydrogen (secondary N) is 1. The van der Waals surface area contributed by atoms with Crippen LogP contribution in [0.25, 0.3) is 22.2 Å². The van der Waals surface area contributed by atoms with E-state index in [0.717, 1.165) is 15.6 Å². The number of aliphatic hydroxyl groups excluding tert-OH is 1. The van der Waals surface area contributed by atoms with Crippen LogP contribution >= 0.6 is 11.6 Å². The quantitative estimate of drug-likeness (QED) is 0.441. The molecule has 2 atom stereocenters. The van der Waals surface area contributed by atoms with Gasteiger partial charge in [0.15, 0.2) is 5.52 Å². The van der Waals surface area contributed by atoms with Gasteiger partial charge >= 0.3 is 5.69 Å². The molecule has 0 spiro atoms. The summed E-state index contributed by atoms with van der Waals surface area (Å²) >= 11 is 6.01. The number of carbonyl (C=O) groups excluding carboxylic acids is 1. The molecule has 2 N–H and O–H groups in total. The second-order valence-corrected chi connectivity index (χ2v) is 8.74. The van der Waals surface area contributed by atoms with E-state index in [-0.39, 0.29) is 30.9 Å². The first-order valence-corrected chi connectivity index (χ1v) is 10.8. The van der Waals surface area contributed by atoms with Crippen LogP contribution in [0.3, 0.4) is 0 Å². The van der Waals surface area contributed by atoms with Crippen molar-refractivity contribution in [2.24, 2.45) is 14.1 Å². The smallest absolute Gasteiger partial charge is 0.332 e. The molecule has 5 rings (SSSR count). The van der Waals surface area contributed by atoms with Crippen LogP contribution in [0.15, 0.2) is 34.1 Å². The number of imidazole rings is 2. The molecule has 0 radical (unpaired) electrons. The van der Waals surface area contributed by atoms with Gasteiger partial charge < -0.3 is 19.6 Å². The Morgan fingerprint density at radius 1 is 1.24 bits per heavy atom. The number of likely N-dealkylation sites (tertiary alicyclic amines) is 1. The van der Waals surface area contributed by atoms with E-state index < -0.39 is 23.4 Å². The number of benzene rings is 1. The molecule has 3 aromatic heterocycles. The number of hydrogen-bond donors (Lipinski definition) is 2. The van der Waals surface area contributed by atoms with E-state index in [4.69, 9.17) is 11.6 Å². The van der Waals surface area contributed by atoms with Gasteiger partial charge in [-0.1, -0.05) is 11.6 Å². The predicted octanol–water partition coefficient (Wildman–Crippen LogP) is 0.340. The van der Waals surface area contributed by atoms with E-state index in [1.165, 1.54) is 17.9 Å². The summed E-state index contributed by atoms with van der Waals surface area (Å²) in [5.74, 6) is 0.563. The number of halogens is 1. The molecule has 0 bridgehead atoms. The maximum atomic E-state index is 12.9. The second kappa shape index (κ2) is 7.85. The Balaban J connectivity index is 1.34. The van der Waals surface area contributed by atoms with Crippen molar-refractivity contribution in [2.45, 2.75) is 25.0 Å². The summed E-state index contributed by atoms with van der Waals surface area (Å²) in [5, 5.41) is 11.3. The minimum absolute atomic E-state index is 0.121. The highest BCUT2D eigenvalue weighted by atomic mass is 35.5. The molecule has 1 saturated heterocycles. The fourth-order valence-electron chi connectivity index (χ4n) is 4.42. The van der Waals surface area contributed by atoms with E-state index in [0.29, 0.717) is 22.9 Å². The molecule has 1 aromatic carbocycles. The molecule has 11 nitrogen and oxygen atoms in total. The van der Waals surface area contributed by atoms with Gasteiger partial charge in [0, 0.05) is 45.0 Å². The predicted molar refractivity (Wildman–Crippen MR) is 121 cm³/mol. The fourth-order valence-corrected chi connectivity index (χ4v) is 4.60. The van der Waals surface area contributed by atoms with Gasteiger partial charge in [0.05, 0.1) is 29.5 Å². The van der Waals surface area contributed by atoms with Gasteiger partial charge in [-0.15, -0.1) is 0 Å². The van der Waals surface area contributed by atoms with E-state index in [9.17, 15) is 19.5 Å². The third-order valence-corrected chi connectivity index (χ3v) is 6.44. The number of carbonyl (C=O) groups is 1. The summed E-state index contributed by atoms with van der Waals surface area (Å²) in [5.41, 5.74) is 1.07. The van der Waals surface area contributed by atoms with Crippen LogP contribution in [0.1, 0.15) is 18.3 Å². The molecule has 0 aliphatic carbocycles. The molecule has 33 heavy (non-hydrogen) atoms. The number of β-amino-alcohol motifs (C(OH)–C–C–N with tert-alkyl or cyclic N) is 1. The Bertz CT molecular complexity index is 1510. The normalized spacial score (nSPS) is 18.6. The summed E-state index contributed by atoms with van der Waals surface area (Å²) in [7, 11) is 2.94. The maximum absolute atomic E-state index is 12.9. The Kier molecular flexibility index (Phi) is 5.09. The molecule has 1 aliphatic heterocycles. The van der Waals surface area contributed by atoms with E-state index >= 15 is 0 Å². The van der Waals surface area contributed by atoms with Gasteiger partial charge in [-0.05, 0) is 18.2 Å². The second-order valence-electron chi connectivity index (χ2n) is 8.31. The van der Waals surface area contributed by atoms with Crippen molar-refractivity contribution in [1.82, 2.24) is 33.6 Å². The minimum Gasteiger partial charge on any atom is -0.389 e. The lowest BCUT2D eigenvalue weighted by atomic mass is 10.2. The molecule has 172 valence electrons. The largest absolute Gasteiger partial charge is 0.389 e. The Morgan fingerprint density at radius 2 is 2.03 bits per heavy atom. The Hall–Kier alpha value is -3.44. The van der Waals surface area contributed by atoms with Gasteiger partial charge in [0.1, 0.15) is 11.5 Å². The molecule has 4 heterocycles. The number of nitrogens with zero attached hydrogens (tertiary/aromatic N) is 6. The zero-order valence-electron chi connectivity index (χ0n) is 18.0. The van der Waals surface area contributed by atoms with E-state index in [1.807, 2.05) is 6.07 Å². The van der Waals surface area contributed by atoms with Crippen LogP contribution in [0.2, 0.25) is 5.02 Å². The van der Waals surface area contributed by atoms with Crippen LogP contribution in [-0.4, -0.2) is 63.8 Å². The van der Waals surface area contributed by atoms with Gasteiger partial charge in [-0.3, -0.25) is 18.7 Å². The number of rotatable bonds is 4. The van der Waals surface area contributed by atoms with E-state index in [2.05, 4.69) is 15.0 Å². The summed E-state index contributed by atoms with van der Waals surface area (Å²) in [6.07, 6.45) is 1.21. The summed E-state index contributed by atoms with van der Waals surface area (Å²) in [4.78, 5) is 51.0. The first kappa shape index (κ1) is 21.4. The third-order valence-electron chi connectivity index (χ3n) is 6.20. The van der Waals surface area contributed by atoms with Crippen molar-refractivity contribution in [1.29, 1.82) is 0 Å². The lowest BCUT2D eigenvalue weighted by molar-refractivity contribution is -0.130. The number of aryl methyl sites for hydroxylation is 2. The number of amides is 1. The topological polar surface area (TPSA) is 131 Å². The molecule has 1 fully saturated rings. The molecule has 12 heteroatoms. The van der Waals surface area contributed by atoms with Gasteiger partial charge in [-0.25, -0.2) is 14.8 Å². The van der Waals surface area contributed by atoms with Crippen LogP contribution < -0.4 is 11.2 Å². The fraction of sp³-hybridized carbons (Fsp3) is 0.381. The molecule has 1 aliphatic rings. The summed E-state index contributed by atoms with van der Waals surface area (Å²) < 4.78 is 3.93. The number of aliphatic hydroxyl groups is 1. The minimum atomic E-state index is -0.862. The number of H-pyrrole nitrogens is 1. The highest BCUT2D eigenvalue weighted by Gasteiger charge is 2.36. The third kappa shape index (κ3) is 3.53. The van der Waals surface area contributed by atoms with Crippen LogP contribution in [0.5, 0.6) is 0 Å². The number of aromatic nitrogens is 6. The SMILES string of the molecule is Cn1c(=O)c2ncn([C@H]3CN(C(=O)CCc4nc5ccc(Cl)cc5[nH]4)C[C@@H]3O)c2n(C)c1=O. The van der Waals surface area contributed by atoms with Crippen LogP contribution in [0, 0.1) is 0 Å². The molecule has 0 saturated carbocycles. The van der Waals surface area contributed by atoms with Gasteiger partial charge in [-0.2, -0.15) is 0 Å². The van der Waals surface area contributed by atoms with Gasteiger partial charge in [0.2, 0.25) is 5.91 Å². The highest BCUT2D eigenvalue weighted by molar-refractivity contribution is 6.31. The molecule has 4 aromatic rings. The number of hydrogen-bond acceptors (Lipinski definition) is 6. The summed E-state index contributed by atoms with van der Waals surface area (Å²) in [6.45, 7) is 0.391.